The van der Waals surface area contributed by atoms with Crippen LogP contribution >= 0.6 is 0 Å². The molecule has 1 rings (SSSR count). The Morgan fingerprint density at radius 1 is 1.40 bits per heavy atom. The van der Waals surface area contributed by atoms with Crippen molar-refractivity contribution >= 4 is 21.7 Å². The fraction of sp³-hybridized carbons (Fsp3) is 0.462. The van der Waals surface area contributed by atoms with E-state index in [1.807, 2.05) is 25.7 Å². The Morgan fingerprint density at radius 3 is 2.40 bits per heavy atom. The molecule has 0 heterocycles. The first-order valence-corrected chi connectivity index (χ1v) is 7.90. The summed E-state index contributed by atoms with van der Waals surface area (Å²) in [7, 11) is -3.92. The van der Waals surface area contributed by atoms with Gasteiger partial charge in [-0.25, -0.2) is 18.4 Å². The predicted molar refractivity (Wildman–Crippen MR) is 77.5 cm³/mol. The standard InChI is InChI=1S/C13H20N2O4S/c1-4-7-15(9(2)3)12-6-5-10(20(14,18)19)8-11(12)13(16)17/h5-6,8-9H,4,7H2,1-3H3,(H,16,17)(H2,14,18,19). The summed E-state index contributed by atoms with van der Waals surface area (Å²) in [5, 5.41) is 14.3. The van der Waals surface area contributed by atoms with Gasteiger partial charge in [0.2, 0.25) is 10.0 Å². The molecule has 0 amide bonds. The lowest BCUT2D eigenvalue weighted by molar-refractivity contribution is 0.0697. The average Bonchev–Trinajstić information content (AvgIpc) is 2.33. The fourth-order valence-electron chi connectivity index (χ4n) is 2.01. The van der Waals surface area contributed by atoms with E-state index in [0.29, 0.717) is 12.2 Å². The van der Waals surface area contributed by atoms with Crippen molar-refractivity contribution in [3.8, 4) is 0 Å². The van der Waals surface area contributed by atoms with Gasteiger partial charge in [0, 0.05) is 12.6 Å². The van der Waals surface area contributed by atoms with Gasteiger partial charge in [-0.1, -0.05) is 6.92 Å². The maximum Gasteiger partial charge on any atom is 0.337 e. The quantitative estimate of drug-likeness (QED) is 0.832. The lowest BCUT2D eigenvalue weighted by Crippen LogP contribution is -2.33. The third-order valence-corrected chi connectivity index (χ3v) is 3.84. The number of primary sulfonamides is 1. The highest BCUT2D eigenvalue weighted by Gasteiger charge is 2.20. The van der Waals surface area contributed by atoms with Crippen LogP contribution in [0.3, 0.4) is 0 Å². The third-order valence-electron chi connectivity index (χ3n) is 2.92. The third kappa shape index (κ3) is 3.71. The number of hydrogen-bond acceptors (Lipinski definition) is 4. The number of aromatic carboxylic acids is 1. The normalized spacial score (nSPS) is 11.7. The summed E-state index contributed by atoms with van der Waals surface area (Å²) in [6.07, 6.45) is 0.855. The van der Waals surface area contributed by atoms with Gasteiger partial charge in [-0.2, -0.15) is 0 Å². The van der Waals surface area contributed by atoms with Crippen molar-refractivity contribution < 1.29 is 18.3 Å². The molecule has 0 bridgehead atoms. The molecule has 112 valence electrons. The van der Waals surface area contributed by atoms with Crippen molar-refractivity contribution in [3.05, 3.63) is 23.8 Å². The highest BCUT2D eigenvalue weighted by Crippen LogP contribution is 2.25. The summed E-state index contributed by atoms with van der Waals surface area (Å²) in [5.74, 6) is -1.17. The lowest BCUT2D eigenvalue weighted by atomic mass is 10.1. The van der Waals surface area contributed by atoms with Crippen LogP contribution in [-0.2, 0) is 10.0 Å². The molecule has 0 saturated carbocycles. The second kappa shape index (κ2) is 6.23. The largest absolute Gasteiger partial charge is 0.478 e. The molecular formula is C13H20N2O4S. The average molecular weight is 300 g/mol. The van der Waals surface area contributed by atoms with E-state index in [-0.39, 0.29) is 16.5 Å². The van der Waals surface area contributed by atoms with E-state index in [9.17, 15) is 18.3 Å². The van der Waals surface area contributed by atoms with Gasteiger partial charge in [-0.15, -0.1) is 0 Å². The number of carboxylic acid groups (broad SMARTS) is 1. The number of nitrogens with zero attached hydrogens (tertiary/aromatic N) is 1. The molecule has 3 N–H and O–H groups in total. The van der Waals surface area contributed by atoms with E-state index in [4.69, 9.17) is 5.14 Å². The molecule has 0 atom stereocenters. The van der Waals surface area contributed by atoms with Crippen LogP contribution in [0.25, 0.3) is 0 Å². The molecule has 0 unspecified atom stereocenters. The summed E-state index contributed by atoms with van der Waals surface area (Å²) >= 11 is 0. The van der Waals surface area contributed by atoms with Crippen LogP contribution in [0.5, 0.6) is 0 Å². The Balaban J connectivity index is 3.43. The van der Waals surface area contributed by atoms with Crippen LogP contribution in [0.1, 0.15) is 37.6 Å². The van der Waals surface area contributed by atoms with Gasteiger partial charge >= 0.3 is 5.97 Å². The van der Waals surface area contributed by atoms with Crippen molar-refractivity contribution in [1.29, 1.82) is 0 Å². The maximum absolute atomic E-state index is 11.4. The SMILES string of the molecule is CCCN(c1ccc(S(N)(=O)=O)cc1C(=O)O)C(C)C. The monoisotopic (exact) mass is 300 g/mol. The summed E-state index contributed by atoms with van der Waals surface area (Å²) in [6.45, 7) is 6.59. The molecule has 1 aromatic carbocycles. The Bertz CT molecular complexity index is 596. The Labute approximate surface area is 119 Å². The van der Waals surface area contributed by atoms with E-state index in [1.165, 1.54) is 12.1 Å². The molecule has 0 aliphatic heterocycles. The topological polar surface area (TPSA) is 101 Å². The van der Waals surface area contributed by atoms with Crippen LogP contribution in [0.2, 0.25) is 0 Å². The molecule has 0 radical (unpaired) electrons. The summed E-state index contributed by atoms with van der Waals surface area (Å²) in [6, 6.07) is 4.05. The minimum absolute atomic E-state index is 0.0568. The molecule has 0 fully saturated rings. The van der Waals surface area contributed by atoms with E-state index in [1.54, 1.807) is 0 Å². The number of nitrogens with two attached hydrogens (primary N) is 1. The molecule has 0 aromatic heterocycles. The first-order valence-electron chi connectivity index (χ1n) is 6.35. The molecule has 0 aliphatic rings. The molecule has 0 saturated heterocycles. The number of carbonyl (C=O) groups is 1. The van der Waals surface area contributed by atoms with Crippen molar-refractivity contribution in [3.63, 3.8) is 0 Å². The lowest BCUT2D eigenvalue weighted by Gasteiger charge is -2.30. The van der Waals surface area contributed by atoms with Gasteiger partial charge in [0.05, 0.1) is 16.1 Å². The zero-order valence-electron chi connectivity index (χ0n) is 11.8. The fourth-order valence-corrected chi connectivity index (χ4v) is 2.55. The van der Waals surface area contributed by atoms with Crippen LogP contribution in [0, 0.1) is 0 Å². The van der Waals surface area contributed by atoms with E-state index < -0.39 is 16.0 Å². The number of sulfonamides is 1. The highest BCUT2D eigenvalue weighted by molar-refractivity contribution is 7.89. The maximum atomic E-state index is 11.4. The summed E-state index contributed by atoms with van der Waals surface area (Å²) in [5.41, 5.74) is 0.445. The number of benzene rings is 1. The Morgan fingerprint density at radius 2 is 2.00 bits per heavy atom. The minimum Gasteiger partial charge on any atom is -0.478 e. The Hall–Kier alpha value is -1.60. The number of anilines is 1. The second-order valence-electron chi connectivity index (χ2n) is 4.82. The zero-order chi connectivity index (χ0) is 15.5. The van der Waals surface area contributed by atoms with E-state index >= 15 is 0 Å². The van der Waals surface area contributed by atoms with E-state index in [0.717, 1.165) is 12.5 Å². The number of carboxylic acids is 1. The van der Waals surface area contributed by atoms with Gasteiger partial charge in [0.1, 0.15) is 0 Å². The summed E-state index contributed by atoms with van der Waals surface area (Å²) in [4.78, 5) is 13.1. The van der Waals surface area contributed by atoms with Gasteiger partial charge in [0.25, 0.3) is 0 Å². The van der Waals surface area contributed by atoms with Crippen LogP contribution < -0.4 is 10.0 Å². The molecule has 0 aliphatic carbocycles. The van der Waals surface area contributed by atoms with Crippen molar-refractivity contribution in [1.82, 2.24) is 0 Å². The molecule has 7 heteroatoms. The number of hydrogen-bond donors (Lipinski definition) is 2. The zero-order valence-corrected chi connectivity index (χ0v) is 12.6. The summed E-state index contributed by atoms with van der Waals surface area (Å²) < 4.78 is 22.6. The molecule has 0 spiro atoms. The molecule has 6 nitrogen and oxygen atoms in total. The van der Waals surface area contributed by atoms with Crippen LogP contribution in [0.4, 0.5) is 5.69 Å². The van der Waals surface area contributed by atoms with Crippen LogP contribution in [0.15, 0.2) is 23.1 Å². The van der Waals surface area contributed by atoms with Gasteiger partial charge < -0.3 is 10.0 Å². The van der Waals surface area contributed by atoms with Gasteiger partial charge in [-0.05, 0) is 38.5 Å². The molecular weight excluding hydrogens is 280 g/mol. The van der Waals surface area contributed by atoms with E-state index in [2.05, 4.69) is 0 Å². The highest BCUT2D eigenvalue weighted by atomic mass is 32.2. The number of rotatable bonds is 6. The van der Waals surface area contributed by atoms with Crippen molar-refractivity contribution in [2.24, 2.45) is 5.14 Å². The first kappa shape index (κ1) is 16.5. The molecule has 20 heavy (non-hydrogen) atoms. The van der Waals surface area contributed by atoms with Crippen LogP contribution in [-0.4, -0.2) is 32.1 Å². The van der Waals surface area contributed by atoms with Gasteiger partial charge in [0.15, 0.2) is 0 Å². The predicted octanol–water partition coefficient (Wildman–Crippen LogP) is 1.66. The first-order chi connectivity index (χ1) is 9.18. The Kier molecular flexibility index (Phi) is 5.13. The van der Waals surface area contributed by atoms with Gasteiger partial charge in [-0.3, -0.25) is 0 Å². The minimum atomic E-state index is -3.92. The molecule has 1 aromatic rings. The van der Waals surface area contributed by atoms with Crippen molar-refractivity contribution in [2.45, 2.75) is 38.1 Å². The second-order valence-corrected chi connectivity index (χ2v) is 6.38. The van der Waals surface area contributed by atoms with Crippen molar-refractivity contribution in [2.75, 3.05) is 11.4 Å². The smallest absolute Gasteiger partial charge is 0.337 e.